The molecule has 2 aromatic carbocycles. The Morgan fingerprint density at radius 3 is 2.84 bits per heavy atom. The number of hydrogen-bond donors (Lipinski definition) is 1. The zero-order chi connectivity index (χ0) is 17.8. The Bertz CT molecular complexity index is 996. The van der Waals surface area contributed by atoms with Crippen molar-refractivity contribution in [2.45, 2.75) is 6.54 Å². The highest BCUT2D eigenvalue weighted by Crippen LogP contribution is 2.18. The second kappa shape index (κ2) is 6.97. The van der Waals surface area contributed by atoms with E-state index in [1.165, 1.54) is 25.3 Å². The van der Waals surface area contributed by atoms with Gasteiger partial charge in [0.1, 0.15) is 11.6 Å². The van der Waals surface area contributed by atoms with Crippen LogP contribution in [-0.2, 0) is 11.3 Å². The zero-order valence-electron chi connectivity index (χ0n) is 13.4. The Morgan fingerprint density at radius 2 is 2.08 bits per heavy atom. The molecule has 0 unspecified atom stereocenters. The highest BCUT2D eigenvalue weighted by molar-refractivity contribution is 5.89. The van der Waals surface area contributed by atoms with E-state index in [4.69, 9.17) is 5.26 Å². The molecule has 25 heavy (non-hydrogen) atoms. The number of carbonyl (C=O) groups is 1. The van der Waals surface area contributed by atoms with Gasteiger partial charge < -0.3 is 10.1 Å². The van der Waals surface area contributed by atoms with Gasteiger partial charge in [0, 0.05) is 17.5 Å². The summed E-state index contributed by atoms with van der Waals surface area (Å²) >= 11 is 0. The van der Waals surface area contributed by atoms with Crippen LogP contribution in [0.3, 0.4) is 0 Å². The molecule has 6 heteroatoms. The first kappa shape index (κ1) is 16.4. The summed E-state index contributed by atoms with van der Waals surface area (Å²) in [4.78, 5) is 16.0. The van der Waals surface area contributed by atoms with E-state index < -0.39 is 11.8 Å². The van der Waals surface area contributed by atoms with E-state index in [1.54, 1.807) is 24.3 Å². The average molecular weight is 335 g/mol. The molecule has 124 valence electrons. The average Bonchev–Trinajstić information content (AvgIpc) is 2.66. The Balaban J connectivity index is 1.80. The molecule has 0 radical (unpaired) electrons. The number of methoxy groups -OCH3 is 1. The summed E-state index contributed by atoms with van der Waals surface area (Å²) in [6.07, 6.45) is 0. The van der Waals surface area contributed by atoms with Crippen LogP contribution >= 0.6 is 0 Å². The molecular weight excluding hydrogens is 321 g/mol. The Labute approximate surface area is 143 Å². The van der Waals surface area contributed by atoms with Crippen LogP contribution in [0.4, 0.5) is 10.2 Å². The fraction of sp³-hybridized carbons (Fsp3) is 0.105. The van der Waals surface area contributed by atoms with Gasteiger partial charge in [-0.05, 0) is 48.5 Å². The van der Waals surface area contributed by atoms with Crippen molar-refractivity contribution >= 4 is 22.7 Å². The molecule has 0 fully saturated rings. The molecule has 0 spiro atoms. The monoisotopic (exact) mass is 335 g/mol. The number of halogens is 1. The van der Waals surface area contributed by atoms with Gasteiger partial charge in [-0.2, -0.15) is 5.26 Å². The highest BCUT2D eigenvalue weighted by atomic mass is 19.1. The molecule has 0 aliphatic rings. The van der Waals surface area contributed by atoms with Crippen molar-refractivity contribution in [1.82, 2.24) is 4.98 Å². The molecule has 5 nitrogen and oxygen atoms in total. The van der Waals surface area contributed by atoms with Crippen LogP contribution in [-0.4, -0.2) is 18.1 Å². The first-order valence-electron chi connectivity index (χ1n) is 7.52. The predicted molar refractivity (Wildman–Crippen MR) is 91.5 cm³/mol. The van der Waals surface area contributed by atoms with Crippen LogP contribution in [0.5, 0.6) is 0 Å². The van der Waals surface area contributed by atoms with Gasteiger partial charge in [0.05, 0.1) is 29.8 Å². The lowest BCUT2D eigenvalue weighted by Gasteiger charge is -2.09. The lowest BCUT2D eigenvalue weighted by atomic mass is 10.1. The molecule has 0 saturated carbocycles. The number of nitrogens with zero attached hydrogens (tertiary/aromatic N) is 2. The van der Waals surface area contributed by atoms with Gasteiger partial charge in [0.15, 0.2) is 0 Å². The number of hydrogen-bond acceptors (Lipinski definition) is 5. The van der Waals surface area contributed by atoms with Gasteiger partial charge in [-0.1, -0.05) is 0 Å². The van der Waals surface area contributed by atoms with Crippen LogP contribution in [0.25, 0.3) is 10.9 Å². The maximum atomic E-state index is 13.9. The molecule has 1 aromatic heterocycles. The largest absolute Gasteiger partial charge is 0.465 e. The molecule has 3 rings (SSSR count). The minimum Gasteiger partial charge on any atom is -0.465 e. The molecule has 0 saturated heterocycles. The smallest absolute Gasteiger partial charge is 0.337 e. The summed E-state index contributed by atoms with van der Waals surface area (Å²) in [6.45, 7) is 0.172. The van der Waals surface area contributed by atoms with Crippen molar-refractivity contribution in [1.29, 1.82) is 5.26 Å². The lowest BCUT2D eigenvalue weighted by Crippen LogP contribution is -2.07. The van der Waals surface area contributed by atoms with Crippen molar-refractivity contribution in [3.63, 3.8) is 0 Å². The van der Waals surface area contributed by atoms with Gasteiger partial charge in [0.25, 0.3) is 0 Å². The number of benzene rings is 2. The summed E-state index contributed by atoms with van der Waals surface area (Å²) in [5.41, 5.74) is 1.92. The summed E-state index contributed by atoms with van der Waals surface area (Å²) in [6, 6.07) is 15.0. The van der Waals surface area contributed by atoms with Gasteiger partial charge >= 0.3 is 5.97 Å². The van der Waals surface area contributed by atoms with Crippen LogP contribution in [0.1, 0.15) is 21.5 Å². The molecule has 3 aromatic rings. The van der Waals surface area contributed by atoms with Gasteiger partial charge in [0.2, 0.25) is 0 Å². The molecule has 0 amide bonds. The number of fused-ring (bicyclic) bond motifs is 1. The van der Waals surface area contributed by atoms with Crippen molar-refractivity contribution in [3.05, 3.63) is 71.0 Å². The standard InChI is InChI=1S/C19H14FN3O2/c1-25-19(24)14-3-5-16(20)15(9-14)11-22-18-7-4-13-8-12(10-21)2-6-17(13)23-18/h2-9H,11H2,1H3,(H,22,23). The van der Waals surface area contributed by atoms with Crippen molar-refractivity contribution in [3.8, 4) is 6.07 Å². The Morgan fingerprint density at radius 1 is 1.24 bits per heavy atom. The summed E-state index contributed by atoms with van der Waals surface area (Å²) in [5, 5.41) is 12.8. The van der Waals surface area contributed by atoms with Gasteiger partial charge in [-0.3, -0.25) is 0 Å². The number of carbonyl (C=O) groups excluding carboxylic acids is 1. The number of rotatable bonds is 4. The van der Waals surface area contributed by atoms with E-state index in [9.17, 15) is 9.18 Å². The third-order valence-corrected chi connectivity index (χ3v) is 3.75. The molecular formula is C19H14FN3O2. The van der Waals surface area contributed by atoms with Crippen molar-refractivity contribution in [2.75, 3.05) is 12.4 Å². The molecule has 0 atom stereocenters. The minimum atomic E-state index is -0.515. The first-order chi connectivity index (χ1) is 12.1. The molecule has 0 aliphatic carbocycles. The molecule has 0 bridgehead atoms. The SMILES string of the molecule is COC(=O)c1ccc(F)c(CNc2ccc3cc(C#N)ccc3n2)c1. The number of aromatic nitrogens is 1. The van der Waals surface area contributed by atoms with Gasteiger partial charge in [-0.25, -0.2) is 14.2 Å². The van der Waals surface area contributed by atoms with Crippen LogP contribution in [0.2, 0.25) is 0 Å². The van der Waals surface area contributed by atoms with Crippen molar-refractivity contribution in [2.24, 2.45) is 0 Å². The number of esters is 1. The highest BCUT2D eigenvalue weighted by Gasteiger charge is 2.10. The summed E-state index contributed by atoms with van der Waals surface area (Å²) < 4.78 is 18.6. The van der Waals surface area contributed by atoms with E-state index >= 15 is 0 Å². The maximum absolute atomic E-state index is 13.9. The van der Waals surface area contributed by atoms with E-state index in [1.807, 2.05) is 6.07 Å². The van der Waals surface area contributed by atoms with Gasteiger partial charge in [-0.15, -0.1) is 0 Å². The Kier molecular flexibility index (Phi) is 4.57. The maximum Gasteiger partial charge on any atom is 0.337 e. The minimum absolute atomic E-state index is 0.172. The van der Waals surface area contributed by atoms with Crippen LogP contribution in [0, 0.1) is 17.1 Å². The number of anilines is 1. The normalized spacial score (nSPS) is 10.3. The van der Waals surface area contributed by atoms with Crippen molar-refractivity contribution < 1.29 is 13.9 Å². The van der Waals surface area contributed by atoms with Crippen LogP contribution < -0.4 is 5.32 Å². The number of pyridine rings is 1. The quantitative estimate of drug-likeness (QED) is 0.737. The fourth-order valence-electron chi connectivity index (χ4n) is 2.43. The molecule has 1 N–H and O–H groups in total. The van der Waals surface area contributed by atoms with E-state index in [2.05, 4.69) is 21.1 Å². The number of ether oxygens (including phenoxy) is 1. The summed E-state index contributed by atoms with van der Waals surface area (Å²) in [7, 11) is 1.28. The molecule has 1 heterocycles. The third kappa shape index (κ3) is 3.56. The third-order valence-electron chi connectivity index (χ3n) is 3.75. The van der Waals surface area contributed by atoms with E-state index in [0.717, 1.165) is 10.9 Å². The first-order valence-corrected chi connectivity index (χ1v) is 7.52. The predicted octanol–water partition coefficient (Wildman–Crippen LogP) is 3.64. The fourth-order valence-corrected chi connectivity index (χ4v) is 2.43. The Hall–Kier alpha value is -3.46. The molecule has 0 aliphatic heterocycles. The zero-order valence-corrected chi connectivity index (χ0v) is 13.4. The van der Waals surface area contributed by atoms with E-state index in [-0.39, 0.29) is 12.1 Å². The number of nitriles is 1. The van der Waals surface area contributed by atoms with E-state index in [0.29, 0.717) is 16.9 Å². The second-order valence-corrected chi connectivity index (χ2v) is 5.37. The second-order valence-electron chi connectivity index (χ2n) is 5.37. The lowest BCUT2D eigenvalue weighted by molar-refractivity contribution is 0.0600. The summed E-state index contributed by atoms with van der Waals surface area (Å²) in [5.74, 6) is -0.363. The topological polar surface area (TPSA) is 75.0 Å². The van der Waals surface area contributed by atoms with Crippen LogP contribution in [0.15, 0.2) is 48.5 Å². The number of nitrogens with one attached hydrogen (secondary N) is 1.